The van der Waals surface area contributed by atoms with Crippen molar-refractivity contribution in [2.75, 3.05) is 0 Å². The molecular weight excluding hydrogens is 296 g/mol. The minimum Gasteiger partial charge on any atom is -0.478 e. The fraction of sp³-hybridized carbons (Fsp3) is 0. The third-order valence-electron chi connectivity index (χ3n) is 3.36. The van der Waals surface area contributed by atoms with Gasteiger partial charge in [-0.2, -0.15) is 5.10 Å². The van der Waals surface area contributed by atoms with Crippen molar-refractivity contribution >= 4 is 11.9 Å². The molecule has 1 heterocycles. The lowest BCUT2D eigenvalue weighted by atomic mass is 10.1. The highest BCUT2D eigenvalue weighted by molar-refractivity contribution is 5.88. The lowest BCUT2D eigenvalue weighted by Gasteiger charge is -2.07. The Morgan fingerprint density at radius 2 is 1.52 bits per heavy atom. The van der Waals surface area contributed by atoms with Crippen LogP contribution in [0, 0.1) is 0 Å². The maximum Gasteiger partial charge on any atom is 0.356 e. The van der Waals surface area contributed by atoms with E-state index in [1.54, 1.807) is 12.1 Å². The molecule has 114 valence electrons. The molecule has 0 aliphatic heterocycles. The maximum absolute atomic E-state index is 11.2. The lowest BCUT2D eigenvalue weighted by molar-refractivity contribution is 0.0682. The van der Waals surface area contributed by atoms with Gasteiger partial charge in [0, 0.05) is 5.56 Å². The predicted octanol–water partition coefficient (Wildman–Crippen LogP) is 2.94. The van der Waals surface area contributed by atoms with Gasteiger partial charge >= 0.3 is 11.9 Å². The molecule has 2 N–H and O–H groups in total. The topological polar surface area (TPSA) is 92.4 Å². The van der Waals surface area contributed by atoms with E-state index in [2.05, 4.69) is 5.10 Å². The van der Waals surface area contributed by atoms with E-state index >= 15 is 0 Å². The van der Waals surface area contributed by atoms with Crippen molar-refractivity contribution in [2.24, 2.45) is 0 Å². The summed E-state index contributed by atoms with van der Waals surface area (Å²) in [4.78, 5) is 22.1. The number of aromatic carboxylic acids is 2. The summed E-state index contributed by atoms with van der Waals surface area (Å²) >= 11 is 0. The third-order valence-corrected chi connectivity index (χ3v) is 3.36. The zero-order valence-electron chi connectivity index (χ0n) is 11.9. The van der Waals surface area contributed by atoms with Crippen molar-refractivity contribution < 1.29 is 19.8 Å². The summed E-state index contributed by atoms with van der Waals surface area (Å²) in [6, 6.07) is 16.8. The monoisotopic (exact) mass is 308 g/mol. The molecule has 0 amide bonds. The number of aromatic nitrogens is 2. The molecular formula is C17H12N2O4. The molecule has 0 spiro atoms. The van der Waals surface area contributed by atoms with Crippen molar-refractivity contribution in [3.05, 3.63) is 71.9 Å². The lowest BCUT2D eigenvalue weighted by Crippen LogP contribution is -2.03. The van der Waals surface area contributed by atoms with Crippen LogP contribution < -0.4 is 0 Å². The average molecular weight is 308 g/mol. The maximum atomic E-state index is 11.2. The van der Waals surface area contributed by atoms with Gasteiger partial charge in [0.1, 0.15) is 0 Å². The Bertz CT molecular complexity index is 867. The van der Waals surface area contributed by atoms with Crippen molar-refractivity contribution in [1.29, 1.82) is 0 Å². The van der Waals surface area contributed by atoms with Gasteiger partial charge in [0.05, 0.1) is 16.9 Å². The number of rotatable bonds is 4. The highest BCUT2D eigenvalue weighted by Crippen LogP contribution is 2.24. The van der Waals surface area contributed by atoms with Crippen LogP contribution in [0.15, 0.2) is 60.7 Å². The number of hydrogen-bond donors (Lipinski definition) is 2. The summed E-state index contributed by atoms with van der Waals surface area (Å²) < 4.78 is 1.49. The molecule has 0 radical (unpaired) electrons. The summed E-state index contributed by atoms with van der Waals surface area (Å²) in [5.74, 6) is -2.14. The minimum atomic E-state index is -1.12. The molecule has 0 atom stereocenters. The Balaban J connectivity index is 2.14. The zero-order valence-corrected chi connectivity index (χ0v) is 11.9. The second-order valence-corrected chi connectivity index (χ2v) is 4.85. The van der Waals surface area contributed by atoms with Crippen LogP contribution >= 0.6 is 0 Å². The second-order valence-electron chi connectivity index (χ2n) is 4.85. The number of carbonyl (C=O) groups is 2. The van der Waals surface area contributed by atoms with Crippen LogP contribution in [0.5, 0.6) is 0 Å². The van der Waals surface area contributed by atoms with E-state index in [1.165, 1.54) is 22.9 Å². The Morgan fingerprint density at radius 3 is 2.09 bits per heavy atom. The van der Waals surface area contributed by atoms with Gasteiger partial charge in [-0.25, -0.2) is 14.3 Å². The van der Waals surface area contributed by atoms with Crippen molar-refractivity contribution in [2.45, 2.75) is 0 Å². The summed E-state index contributed by atoms with van der Waals surface area (Å²) in [7, 11) is 0. The fourth-order valence-electron chi connectivity index (χ4n) is 2.24. The number of benzene rings is 2. The van der Waals surface area contributed by atoms with E-state index in [0.29, 0.717) is 11.4 Å². The number of carboxylic acids is 2. The second kappa shape index (κ2) is 5.76. The summed E-state index contributed by atoms with van der Waals surface area (Å²) in [5.41, 5.74) is 2.09. The first-order chi connectivity index (χ1) is 11.1. The molecule has 0 bridgehead atoms. The van der Waals surface area contributed by atoms with Crippen LogP contribution in [-0.4, -0.2) is 31.9 Å². The van der Waals surface area contributed by atoms with Crippen molar-refractivity contribution in [1.82, 2.24) is 9.78 Å². The van der Waals surface area contributed by atoms with Crippen LogP contribution in [0.4, 0.5) is 0 Å². The molecule has 0 fully saturated rings. The predicted molar refractivity (Wildman–Crippen MR) is 82.9 cm³/mol. The largest absolute Gasteiger partial charge is 0.478 e. The molecule has 2 aromatic carbocycles. The highest BCUT2D eigenvalue weighted by Gasteiger charge is 2.16. The van der Waals surface area contributed by atoms with E-state index < -0.39 is 11.9 Å². The summed E-state index contributed by atoms with van der Waals surface area (Å²) in [6.45, 7) is 0. The Morgan fingerprint density at radius 1 is 0.870 bits per heavy atom. The molecule has 23 heavy (non-hydrogen) atoms. The zero-order chi connectivity index (χ0) is 16.4. The molecule has 3 rings (SSSR count). The average Bonchev–Trinajstić information content (AvgIpc) is 3.01. The first kappa shape index (κ1) is 14.5. The molecule has 6 nitrogen and oxygen atoms in total. The fourth-order valence-corrected chi connectivity index (χ4v) is 2.24. The molecule has 0 saturated heterocycles. The molecule has 1 aromatic heterocycles. The quantitative estimate of drug-likeness (QED) is 0.773. The molecule has 3 aromatic rings. The van der Waals surface area contributed by atoms with Crippen molar-refractivity contribution in [3.8, 4) is 16.9 Å². The van der Waals surface area contributed by atoms with Crippen LogP contribution in [0.2, 0.25) is 0 Å². The third kappa shape index (κ3) is 2.82. The molecule has 0 aliphatic rings. The van der Waals surface area contributed by atoms with E-state index in [1.807, 2.05) is 30.3 Å². The first-order valence-electron chi connectivity index (χ1n) is 6.79. The van der Waals surface area contributed by atoms with E-state index in [0.717, 1.165) is 5.56 Å². The molecule has 0 unspecified atom stereocenters. The number of carboxylic acid groups (broad SMARTS) is 2. The minimum absolute atomic E-state index is 0.0776. The summed E-state index contributed by atoms with van der Waals surface area (Å²) in [5, 5.41) is 22.2. The van der Waals surface area contributed by atoms with Gasteiger partial charge in [0.2, 0.25) is 0 Å². The standard InChI is InChI=1S/C17H12N2O4/c20-16(21)12-6-8-13(9-7-12)19-15(10-14(18-19)17(22)23)11-4-2-1-3-5-11/h1-10H,(H,20,21)(H,22,23). The van der Waals surface area contributed by atoms with E-state index in [-0.39, 0.29) is 11.3 Å². The van der Waals surface area contributed by atoms with E-state index in [9.17, 15) is 14.7 Å². The highest BCUT2D eigenvalue weighted by atomic mass is 16.4. The number of nitrogens with zero attached hydrogens (tertiary/aromatic N) is 2. The van der Waals surface area contributed by atoms with Crippen LogP contribution in [0.3, 0.4) is 0 Å². The van der Waals surface area contributed by atoms with Crippen LogP contribution in [0.1, 0.15) is 20.8 Å². The Hall–Kier alpha value is -3.41. The van der Waals surface area contributed by atoms with Gasteiger partial charge < -0.3 is 10.2 Å². The Labute approximate surface area is 131 Å². The van der Waals surface area contributed by atoms with E-state index in [4.69, 9.17) is 5.11 Å². The van der Waals surface area contributed by atoms with Gasteiger partial charge in [0.15, 0.2) is 5.69 Å². The normalized spacial score (nSPS) is 10.4. The van der Waals surface area contributed by atoms with Crippen LogP contribution in [-0.2, 0) is 0 Å². The van der Waals surface area contributed by atoms with Gasteiger partial charge in [-0.15, -0.1) is 0 Å². The number of hydrogen-bond acceptors (Lipinski definition) is 3. The summed E-state index contributed by atoms with van der Waals surface area (Å²) in [6.07, 6.45) is 0. The van der Waals surface area contributed by atoms with Gasteiger partial charge in [-0.05, 0) is 30.3 Å². The molecule has 0 saturated carbocycles. The Kier molecular flexibility index (Phi) is 3.64. The van der Waals surface area contributed by atoms with Crippen LogP contribution in [0.25, 0.3) is 16.9 Å². The SMILES string of the molecule is O=C(O)c1ccc(-n2nc(C(=O)O)cc2-c2ccccc2)cc1. The first-order valence-corrected chi connectivity index (χ1v) is 6.79. The smallest absolute Gasteiger partial charge is 0.356 e. The van der Waals surface area contributed by atoms with Crippen molar-refractivity contribution in [3.63, 3.8) is 0 Å². The molecule has 0 aliphatic carbocycles. The molecule has 6 heteroatoms. The van der Waals surface area contributed by atoms with Gasteiger partial charge in [-0.1, -0.05) is 30.3 Å². The van der Waals surface area contributed by atoms with Gasteiger partial charge in [-0.3, -0.25) is 0 Å². The van der Waals surface area contributed by atoms with Gasteiger partial charge in [0.25, 0.3) is 0 Å².